The van der Waals surface area contributed by atoms with E-state index < -0.39 is 11.7 Å². The summed E-state index contributed by atoms with van der Waals surface area (Å²) in [7, 11) is 0. The molecular weight excluding hydrogens is 433 g/mol. The Bertz CT molecular complexity index is 1070. The molecule has 4 rings (SSSR count). The Morgan fingerprint density at radius 3 is 2.55 bits per heavy atom. The molecule has 1 aliphatic rings. The molecule has 1 saturated heterocycles. The minimum Gasteiger partial charge on any atom is -0.356 e. The molecular formula is C20H18ClF3N6O. The number of imidazole rings is 1. The van der Waals surface area contributed by atoms with Gasteiger partial charge in [-0.1, -0.05) is 11.6 Å². The lowest BCUT2D eigenvalue weighted by molar-refractivity contribution is -0.137. The zero-order valence-electron chi connectivity index (χ0n) is 16.2. The lowest BCUT2D eigenvalue weighted by Gasteiger charge is -2.32. The maximum absolute atomic E-state index is 12.9. The minimum absolute atomic E-state index is 0.0373. The number of piperidine rings is 1. The summed E-state index contributed by atoms with van der Waals surface area (Å²) < 4.78 is 40.6. The number of anilines is 2. The average Bonchev–Trinajstić information content (AvgIpc) is 3.30. The van der Waals surface area contributed by atoms with E-state index in [1.807, 2.05) is 11.0 Å². The lowest BCUT2D eigenvalue weighted by Crippen LogP contribution is -2.38. The molecule has 0 aliphatic carbocycles. The summed E-state index contributed by atoms with van der Waals surface area (Å²) in [5.41, 5.74) is -0.899. The van der Waals surface area contributed by atoms with Crippen molar-refractivity contribution >= 4 is 29.0 Å². The predicted molar refractivity (Wildman–Crippen MR) is 109 cm³/mol. The third-order valence-corrected chi connectivity index (χ3v) is 5.48. The third-order valence-electron chi connectivity index (χ3n) is 5.15. The van der Waals surface area contributed by atoms with Crippen molar-refractivity contribution in [2.75, 3.05) is 23.3 Å². The fraction of sp³-hybridized carbons (Fsp3) is 0.300. The highest BCUT2D eigenvalue weighted by Gasteiger charge is 2.32. The molecule has 0 unspecified atom stereocenters. The molecule has 0 saturated carbocycles. The molecule has 3 heterocycles. The maximum atomic E-state index is 12.9. The summed E-state index contributed by atoms with van der Waals surface area (Å²) >= 11 is 5.98. The van der Waals surface area contributed by atoms with Crippen molar-refractivity contribution in [2.24, 2.45) is 5.92 Å². The van der Waals surface area contributed by atoms with Gasteiger partial charge in [0.05, 0.1) is 16.3 Å². The molecule has 0 spiro atoms. The van der Waals surface area contributed by atoms with Crippen molar-refractivity contribution in [3.63, 3.8) is 0 Å². The van der Waals surface area contributed by atoms with Crippen molar-refractivity contribution < 1.29 is 18.0 Å². The minimum atomic E-state index is -4.51. The zero-order valence-corrected chi connectivity index (χ0v) is 16.9. The molecule has 2 aromatic heterocycles. The zero-order chi connectivity index (χ0) is 22.0. The Balaban J connectivity index is 1.39. The Hall–Kier alpha value is -3.14. The predicted octanol–water partition coefficient (Wildman–Crippen LogP) is 4.19. The first kappa shape index (κ1) is 21.1. The van der Waals surface area contributed by atoms with Crippen LogP contribution < -0.4 is 10.2 Å². The van der Waals surface area contributed by atoms with E-state index in [0.29, 0.717) is 31.7 Å². The van der Waals surface area contributed by atoms with E-state index >= 15 is 0 Å². The van der Waals surface area contributed by atoms with Gasteiger partial charge >= 0.3 is 6.18 Å². The summed E-state index contributed by atoms with van der Waals surface area (Å²) in [4.78, 5) is 27.2. The second kappa shape index (κ2) is 8.54. The molecule has 1 N–H and O–H groups in total. The number of carbonyl (C=O) groups excluding carboxylic acids is 1. The molecule has 7 nitrogen and oxygen atoms in total. The second-order valence-electron chi connectivity index (χ2n) is 7.15. The number of aromatic nitrogens is 4. The number of rotatable bonds is 4. The molecule has 3 aromatic rings. The van der Waals surface area contributed by atoms with Gasteiger partial charge in [-0.2, -0.15) is 13.2 Å². The Morgan fingerprint density at radius 2 is 1.87 bits per heavy atom. The highest BCUT2D eigenvalue weighted by atomic mass is 35.5. The number of hydrogen-bond acceptors (Lipinski definition) is 5. The van der Waals surface area contributed by atoms with Crippen LogP contribution in [0.4, 0.5) is 24.7 Å². The first-order valence-electron chi connectivity index (χ1n) is 9.54. The van der Waals surface area contributed by atoms with Gasteiger partial charge in [-0.05, 0) is 31.0 Å². The quantitative estimate of drug-likeness (QED) is 0.645. The standard InChI is InChI=1S/C20H18ClF3N6O/c21-15-2-1-14(20(22,23)24)9-16(15)28-19(31)13-3-6-29(7-4-13)17-10-18(27-11-26-17)30-8-5-25-12-30/h1-2,5,8-13H,3-4,6-7H2,(H,28,31). The monoisotopic (exact) mass is 450 g/mol. The first-order valence-corrected chi connectivity index (χ1v) is 9.92. The Labute approximate surface area is 180 Å². The third kappa shape index (κ3) is 4.79. The lowest BCUT2D eigenvalue weighted by atomic mass is 9.95. The van der Waals surface area contributed by atoms with Crippen LogP contribution in [0, 0.1) is 5.92 Å². The van der Waals surface area contributed by atoms with Crippen LogP contribution in [0.1, 0.15) is 18.4 Å². The van der Waals surface area contributed by atoms with Crippen LogP contribution >= 0.6 is 11.6 Å². The van der Waals surface area contributed by atoms with Gasteiger partial charge in [-0.15, -0.1) is 0 Å². The van der Waals surface area contributed by atoms with Crippen molar-refractivity contribution in [2.45, 2.75) is 19.0 Å². The maximum Gasteiger partial charge on any atom is 0.416 e. The topological polar surface area (TPSA) is 75.9 Å². The van der Waals surface area contributed by atoms with E-state index in [9.17, 15) is 18.0 Å². The van der Waals surface area contributed by atoms with E-state index in [0.717, 1.165) is 24.0 Å². The molecule has 1 aliphatic heterocycles. The molecule has 0 radical (unpaired) electrons. The van der Waals surface area contributed by atoms with Crippen molar-refractivity contribution in [3.8, 4) is 5.82 Å². The van der Waals surface area contributed by atoms with Gasteiger partial charge < -0.3 is 10.2 Å². The summed E-state index contributed by atoms with van der Waals surface area (Å²) in [6.07, 6.45) is 3.10. The van der Waals surface area contributed by atoms with Crippen molar-refractivity contribution in [3.05, 3.63) is 59.9 Å². The number of nitrogens with one attached hydrogen (secondary N) is 1. The highest BCUT2D eigenvalue weighted by Crippen LogP contribution is 2.34. The molecule has 11 heteroatoms. The highest BCUT2D eigenvalue weighted by molar-refractivity contribution is 6.33. The van der Waals surface area contributed by atoms with Crippen LogP contribution in [0.3, 0.4) is 0 Å². The number of carbonyl (C=O) groups is 1. The number of alkyl halides is 3. The summed E-state index contributed by atoms with van der Waals surface area (Å²) in [5.74, 6) is 0.736. The van der Waals surface area contributed by atoms with E-state index in [1.54, 1.807) is 23.3 Å². The van der Waals surface area contributed by atoms with Gasteiger partial charge in [0.2, 0.25) is 5.91 Å². The summed E-state index contributed by atoms with van der Waals surface area (Å²) in [6.45, 7) is 1.16. The van der Waals surface area contributed by atoms with Crippen molar-refractivity contribution in [1.29, 1.82) is 0 Å². The fourth-order valence-electron chi connectivity index (χ4n) is 3.45. The van der Waals surface area contributed by atoms with Crippen LogP contribution in [0.15, 0.2) is 49.3 Å². The van der Waals surface area contributed by atoms with Gasteiger partial charge in [0, 0.05) is 37.5 Å². The Kier molecular flexibility index (Phi) is 5.81. The van der Waals surface area contributed by atoms with Crippen LogP contribution in [0.5, 0.6) is 0 Å². The molecule has 162 valence electrons. The van der Waals surface area contributed by atoms with Gasteiger partial charge in [-0.25, -0.2) is 15.0 Å². The van der Waals surface area contributed by atoms with Crippen LogP contribution in [0.25, 0.3) is 5.82 Å². The summed E-state index contributed by atoms with van der Waals surface area (Å²) in [5, 5.41) is 2.61. The van der Waals surface area contributed by atoms with Gasteiger partial charge in [0.15, 0.2) is 0 Å². The summed E-state index contributed by atoms with van der Waals surface area (Å²) in [6, 6.07) is 4.71. The van der Waals surface area contributed by atoms with E-state index in [2.05, 4.69) is 20.3 Å². The SMILES string of the molecule is O=C(Nc1cc(C(F)(F)F)ccc1Cl)C1CCN(c2cc(-n3ccnc3)ncn2)CC1. The number of benzene rings is 1. The van der Waals surface area contributed by atoms with Crippen LogP contribution in [-0.4, -0.2) is 38.5 Å². The van der Waals surface area contributed by atoms with E-state index in [-0.39, 0.29) is 22.5 Å². The molecule has 0 bridgehead atoms. The Morgan fingerprint density at radius 1 is 1.13 bits per heavy atom. The molecule has 0 atom stereocenters. The van der Waals surface area contributed by atoms with Gasteiger partial charge in [-0.3, -0.25) is 9.36 Å². The molecule has 1 fully saturated rings. The smallest absolute Gasteiger partial charge is 0.356 e. The molecule has 1 aromatic carbocycles. The average molecular weight is 451 g/mol. The number of halogens is 4. The van der Waals surface area contributed by atoms with Crippen LogP contribution in [-0.2, 0) is 11.0 Å². The molecule has 31 heavy (non-hydrogen) atoms. The number of amides is 1. The second-order valence-corrected chi connectivity index (χ2v) is 7.55. The number of nitrogens with zero attached hydrogens (tertiary/aromatic N) is 5. The van der Waals surface area contributed by atoms with E-state index in [1.165, 1.54) is 6.33 Å². The van der Waals surface area contributed by atoms with Gasteiger partial charge in [0.25, 0.3) is 0 Å². The van der Waals surface area contributed by atoms with Gasteiger partial charge in [0.1, 0.15) is 24.3 Å². The van der Waals surface area contributed by atoms with E-state index in [4.69, 9.17) is 11.6 Å². The van der Waals surface area contributed by atoms with Crippen LogP contribution in [0.2, 0.25) is 5.02 Å². The molecule has 1 amide bonds. The number of hydrogen-bond donors (Lipinski definition) is 1. The van der Waals surface area contributed by atoms with Crippen molar-refractivity contribution in [1.82, 2.24) is 19.5 Å². The largest absolute Gasteiger partial charge is 0.416 e. The first-order chi connectivity index (χ1) is 14.8. The normalized spacial score (nSPS) is 15.2. The fourth-order valence-corrected chi connectivity index (χ4v) is 3.61.